The minimum atomic E-state index is -0.514. The first-order valence-corrected chi connectivity index (χ1v) is 8.58. The predicted molar refractivity (Wildman–Crippen MR) is 69.0 cm³/mol. The van der Waals surface area contributed by atoms with Crippen LogP contribution in [0, 0.1) is 0 Å². The normalized spacial score (nSPS) is 37.7. The molecule has 15 heavy (non-hydrogen) atoms. The van der Waals surface area contributed by atoms with Crippen molar-refractivity contribution in [2.24, 2.45) is 0 Å². The highest BCUT2D eigenvalue weighted by Gasteiger charge is 2.19. The molecule has 0 amide bonds. The van der Waals surface area contributed by atoms with Crippen LogP contribution in [0.25, 0.3) is 0 Å². The molecule has 2 heterocycles. The fraction of sp³-hybridized carbons (Fsp3) is 1.00. The third-order valence-electron chi connectivity index (χ3n) is 3.30. The van der Waals surface area contributed by atoms with Crippen LogP contribution in [0.5, 0.6) is 0 Å². The van der Waals surface area contributed by atoms with Crippen molar-refractivity contribution >= 4 is 22.6 Å². The number of thioether (sulfide) groups is 1. The van der Waals surface area contributed by atoms with E-state index in [-0.39, 0.29) is 0 Å². The van der Waals surface area contributed by atoms with Crippen molar-refractivity contribution in [2.75, 3.05) is 23.8 Å². The van der Waals surface area contributed by atoms with Gasteiger partial charge in [0.2, 0.25) is 0 Å². The van der Waals surface area contributed by atoms with Gasteiger partial charge in [0.15, 0.2) is 0 Å². The number of hydrogen-bond donors (Lipinski definition) is 1. The van der Waals surface area contributed by atoms with Crippen molar-refractivity contribution in [1.82, 2.24) is 5.32 Å². The quantitative estimate of drug-likeness (QED) is 0.824. The Balaban J connectivity index is 1.62. The van der Waals surface area contributed by atoms with Crippen molar-refractivity contribution in [1.29, 1.82) is 0 Å². The molecule has 2 nitrogen and oxygen atoms in total. The van der Waals surface area contributed by atoms with Crippen LogP contribution in [0.15, 0.2) is 0 Å². The molecule has 2 aliphatic rings. The molecule has 1 unspecified atom stereocenters. The third-order valence-corrected chi connectivity index (χ3v) is 6.08. The SMILES string of the molecule is O=S1CCC(NCC2CCCCS2)CC1. The number of nitrogens with one attached hydrogen (secondary N) is 1. The van der Waals surface area contributed by atoms with E-state index < -0.39 is 10.8 Å². The van der Waals surface area contributed by atoms with Crippen LogP contribution in [0.2, 0.25) is 0 Å². The van der Waals surface area contributed by atoms with Gasteiger partial charge in [-0.05, 0) is 31.4 Å². The molecule has 4 heteroatoms. The highest BCUT2D eigenvalue weighted by molar-refractivity contribution is 7.99. The molecule has 0 saturated carbocycles. The molecule has 2 rings (SSSR count). The summed E-state index contributed by atoms with van der Waals surface area (Å²) in [5.74, 6) is 3.17. The predicted octanol–water partition coefficient (Wildman–Crippen LogP) is 1.77. The van der Waals surface area contributed by atoms with Crippen LogP contribution in [0.1, 0.15) is 32.1 Å². The second-order valence-electron chi connectivity index (χ2n) is 4.52. The standard InChI is InChI=1S/C11H21NOS2/c13-15-7-4-10(5-8-15)12-9-11-3-1-2-6-14-11/h10-12H,1-9H2. The zero-order chi connectivity index (χ0) is 10.5. The summed E-state index contributed by atoms with van der Waals surface area (Å²) >= 11 is 2.13. The molecule has 0 radical (unpaired) electrons. The molecule has 0 aromatic carbocycles. The Morgan fingerprint density at radius 3 is 2.67 bits per heavy atom. The minimum absolute atomic E-state index is 0.514. The van der Waals surface area contributed by atoms with E-state index in [1.165, 1.54) is 31.6 Å². The molecule has 0 aromatic rings. The van der Waals surface area contributed by atoms with Gasteiger partial charge >= 0.3 is 0 Å². The molecule has 0 bridgehead atoms. The van der Waals surface area contributed by atoms with E-state index in [1.807, 2.05) is 0 Å². The minimum Gasteiger partial charge on any atom is -0.313 e. The number of hydrogen-bond acceptors (Lipinski definition) is 3. The summed E-state index contributed by atoms with van der Waals surface area (Å²) in [4.78, 5) is 0. The summed E-state index contributed by atoms with van der Waals surface area (Å²) in [7, 11) is -0.514. The summed E-state index contributed by atoms with van der Waals surface area (Å²) in [6, 6.07) is 0.644. The maximum Gasteiger partial charge on any atom is 0.0249 e. The first kappa shape index (κ1) is 11.9. The van der Waals surface area contributed by atoms with Gasteiger partial charge in [0.25, 0.3) is 0 Å². The third kappa shape index (κ3) is 4.08. The van der Waals surface area contributed by atoms with Crippen molar-refractivity contribution in [2.45, 2.75) is 43.4 Å². The fourth-order valence-corrected chi connectivity index (χ4v) is 4.81. The highest BCUT2D eigenvalue weighted by Crippen LogP contribution is 2.24. The van der Waals surface area contributed by atoms with Crippen LogP contribution in [-0.2, 0) is 10.8 Å². The Morgan fingerprint density at radius 1 is 1.20 bits per heavy atom. The largest absolute Gasteiger partial charge is 0.313 e. The van der Waals surface area contributed by atoms with E-state index in [2.05, 4.69) is 17.1 Å². The Morgan fingerprint density at radius 2 is 2.00 bits per heavy atom. The molecule has 88 valence electrons. The van der Waals surface area contributed by atoms with Crippen LogP contribution >= 0.6 is 11.8 Å². The molecule has 0 aromatic heterocycles. The lowest BCUT2D eigenvalue weighted by Crippen LogP contribution is -2.39. The summed E-state index contributed by atoms with van der Waals surface area (Å²) in [6.45, 7) is 1.17. The zero-order valence-electron chi connectivity index (χ0n) is 9.24. The van der Waals surface area contributed by atoms with E-state index in [4.69, 9.17) is 0 Å². The van der Waals surface area contributed by atoms with Crippen LogP contribution in [-0.4, -0.2) is 39.3 Å². The molecular weight excluding hydrogens is 226 g/mol. The van der Waals surface area contributed by atoms with Gasteiger partial charge in [0.05, 0.1) is 0 Å². The lowest BCUT2D eigenvalue weighted by molar-refractivity contribution is 0.465. The van der Waals surface area contributed by atoms with Crippen molar-refractivity contribution in [3.05, 3.63) is 0 Å². The average molecular weight is 247 g/mol. The van der Waals surface area contributed by atoms with E-state index >= 15 is 0 Å². The summed E-state index contributed by atoms with van der Waals surface area (Å²) in [5, 5.41) is 4.50. The molecule has 2 fully saturated rings. The number of rotatable bonds is 3. The van der Waals surface area contributed by atoms with Gasteiger partial charge < -0.3 is 5.32 Å². The molecular formula is C11H21NOS2. The smallest absolute Gasteiger partial charge is 0.0249 e. The van der Waals surface area contributed by atoms with Crippen LogP contribution in [0.3, 0.4) is 0 Å². The monoisotopic (exact) mass is 247 g/mol. The highest BCUT2D eigenvalue weighted by atomic mass is 32.2. The van der Waals surface area contributed by atoms with Gasteiger partial charge in [-0.25, -0.2) is 0 Å². The first-order valence-electron chi connectivity index (χ1n) is 6.04. The summed E-state index contributed by atoms with van der Waals surface area (Å²) in [6.07, 6.45) is 6.43. The lowest BCUT2D eigenvalue weighted by Gasteiger charge is -2.27. The topological polar surface area (TPSA) is 29.1 Å². The van der Waals surface area contributed by atoms with Gasteiger partial charge in [-0.15, -0.1) is 0 Å². The molecule has 2 saturated heterocycles. The van der Waals surface area contributed by atoms with Crippen LogP contribution < -0.4 is 5.32 Å². The van der Waals surface area contributed by atoms with Gasteiger partial charge in [0, 0.05) is 40.1 Å². The van der Waals surface area contributed by atoms with E-state index in [0.717, 1.165) is 29.6 Å². The second kappa shape index (κ2) is 6.26. The van der Waals surface area contributed by atoms with Gasteiger partial charge in [-0.3, -0.25) is 4.21 Å². The fourth-order valence-electron chi connectivity index (χ4n) is 2.26. The van der Waals surface area contributed by atoms with Crippen molar-refractivity contribution < 1.29 is 4.21 Å². The Labute approximate surface area is 99.4 Å². The van der Waals surface area contributed by atoms with Gasteiger partial charge in [-0.1, -0.05) is 6.42 Å². The maximum atomic E-state index is 11.2. The van der Waals surface area contributed by atoms with E-state index in [0.29, 0.717) is 6.04 Å². The Kier molecular flexibility index (Phi) is 4.98. The summed E-state index contributed by atoms with van der Waals surface area (Å²) < 4.78 is 11.2. The van der Waals surface area contributed by atoms with Crippen LogP contribution in [0.4, 0.5) is 0 Å². The Bertz CT molecular complexity index is 207. The molecule has 2 aliphatic heterocycles. The average Bonchev–Trinajstić information content (AvgIpc) is 2.30. The van der Waals surface area contributed by atoms with E-state index in [1.54, 1.807) is 0 Å². The second-order valence-corrected chi connectivity index (χ2v) is 7.62. The van der Waals surface area contributed by atoms with Crippen molar-refractivity contribution in [3.8, 4) is 0 Å². The lowest BCUT2D eigenvalue weighted by atomic mass is 10.1. The maximum absolute atomic E-state index is 11.2. The van der Waals surface area contributed by atoms with Crippen molar-refractivity contribution in [3.63, 3.8) is 0 Å². The zero-order valence-corrected chi connectivity index (χ0v) is 10.9. The molecule has 1 N–H and O–H groups in total. The summed E-state index contributed by atoms with van der Waals surface area (Å²) in [5.41, 5.74) is 0. The van der Waals surface area contributed by atoms with E-state index in [9.17, 15) is 4.21 Å². The Hall–Kier alpha value is 0.460. The first-order chi connectivity index (χ1) is 7.34. The molecule has 0 spiro atoms. The van der Waals surface area contributed by atoms with Gasteiger partial charge in [0.1, 0.15) is 0 Å². The molecule has 1 atom stereocenters. The van der Waals surface area contributed by atoms with Gasteiger partial charge in [-0.2, -0.15) is 11.8 Å². The molecule has 0 aliphatic carbocycles.